The number of carbonyl (C=O) groups excluding carboxylic acids is 1. The van der Waals surface area contributed by atoms with Gasteiger partial charge in [-0.15, -0.1) is 0 Å². The SMILES string of the molecule is CC(C)c1cc(C2CCCN2C(=O)c2ccnn2C)no1. The van der Waals surface area contributed by atoms with E-state index in [0.29, 0.717) is 11.6 Å². The fraction of sp³-hybridized carbons (Fsp3) is 0.533. The Hall–Kier alpha value is -2.11. The molecule has 0 N–H and O–H groups in total. The highest BCUT2D eigenvalue weighted by Gasteiger charge is 2.33. The van der Waals surface area contributed by atoms with Crippen LogP contribution in [-0.2, 0) is 7.05 Å². The summed E-state index contributed by atoms with van der Waals surface area (Å²) in [4.78, 5) is 14.5. The van der Waals surface area contributed by atoms with E-state index in [1.807, 2.05) is 11.0 Å². The number of amides is 1. The monoisotopic (exact) mass is 288 g/mol. The molecule has 1 atom stereocenters. The molecule has 21 heavy (non-hydrogen) atoms. The van der Waals surface area contributed by atoms with Crippen molar-refractivity contribution < 1.29 is 9.32 Å². The van der Waals surface area contributed by atoms with Gasteiger partial charge in [-0.2, -0.15) is 5.10 Å². The maximum Gasteiger partial charge on any atom is 0.272 e. The van der Waals surface area contributed by atoms with Crippen molar-refractivity contribution in [2.75, 3.05) is 6.54 Å². The Labute approximate surface area is 123 Å². The number of aromatic nitrogens is 3. The Morgan fingerprint density at radius 1 is 1.48 bits per heavy atom. The summed E-state index contributed by atoms with van der Waals surface area (Å²) in [5, 5.41) is 8.23. The predicted octanol–water partition coefficient (Wildman–Crippen LogP) is 2.51. The van der Waals surface area contributed by atoms with Crippen molar-refractivity contribution in [2.24, 2.45) is 7.05 Å². The zero-order chi connectivity index (χ0) is 15.0. The average molecular weight is 288 g/mol. The summed E-state index contributed by atoms with van der Waals surface area (Å²) in [6.45, 7) is 4.88. The molecule has 2 aromatic heterocycles. The molecule has 6 heteroatoms. The van der Waals surface area contributed by atoms with Gasteiger partial charge < -0.3 is 9.42 Å². The second kappa shape index (κ2) is 5.35. The second-order valence-corrected chi connectivity index (χ2v) is 5.81. The van der Waals surface area contributed by atoms with Crippen LogP contribution in [0, 0.1) is 0 Å². The molecule has 1 amide bonds. The minimum atomic E-state index is 0.00338. The Kier molecular flexibility index (Phi) is 3.53. The summed E-state index contributed by atoms with van der Waals surface area (Å²) < 4.78 is 6.99. The van der Waals surface area contributed by atoms with Crippen LogP contribution in [0.3, 0.4) is 0 Å². The van der Waals surface area contributed by atoms with E-state index in [-0.39, 0.29) is 11.9 Å². The lowest BCUT2D eigenvalue weighted by molar-refractivity contribution is 0.0719. The van der Waals surface area contributed by atoms with Crippen molar-refractivity contribution >= 4 is 5.91 Å². The first kappa shape index (κ1) is 13.9. The lowest BCUT2D eigenvalue weighted by Gasteiger charge is -2.22. The standard InChI is InChI=1S/C15H20N4O2/c1-10(2)14-9-11(17-21-14)12-5-4-8-19(12)15(20)13-6-7-16-18(13)3/h6-7,9-10,12H,4-5,8H2,1-3H3. The number of carbonyl (C=O) groups is 1. The van der Waals surface area contributed by atoms with E-state index in [9.17, 15) is 4.79 Å². The first-order chi connectivity index (χ1) is 10.1. The van der Waals surface area contributed by atoms with Crippen molar-refractivity contribution in [1.82, 2.24) is 19.8 Å². The quantitative estimate of drug-likeness (QED) is 0.870. The number of likely N-dealkylation sites (tertiary alicyclic amines) is 1. The molecule has 1 saturated heterocycles. The van der Waals surface area contributed by atoms with Gasteiger partial charge in [-0.25, -0.2) is 0 Å². The molecule has 0 aliphatic carbocycles. The molecule has 0 bridgehead atoms. The highest BCUT2D eigenvalue weighted by Crippen LogP contribution is 2.33. The number of aryl methyl sites for hydroxylation is 1. The lowest BCUT2D eigenvalue weighted by Crippen LogP contribution is -2.32. The molecule has 112 valence electrons. The average Bonchev–Trinajstić information content (AvgIpc) is 3.17. The van der Waals surface area contributed by atoms with Crippen molar-refractivity contribution in [1.29, 1.82) is 0 Å². The second-order valence-electron chi connectivity index (χ2n) is 5.81. The largest absolute Gasteiger partial charge is 0.361 e. The van der Waals surface area contributed by atoms with Gasteiger partial charge >= 0.3 is 0 Å². The molecule has 1 fully saturated rings. The fourth-order valence-electron chi connectivity index (χ4n) is 2.78. The third kappa shape index (κ3) is 2.46. The first-order valence-corrected chi connectivity index (χ1v) is 7.33. The van der Waals surface area contributed by atoms with Crippen LogP contribution in [-0.4, -0.2) is 32.3 Å². The van der Waals surface area contributed by atoms with Gasteiger partial charge in [0.15, 0.2) is 0 Å². The van der Waals surface area contributed by atoms with E-state index in [0.717, 1.165) is 30.8 Å². The smallest absolute Gasteiger partial charge is 0.272 e. The zero-order valence-corrected chi connectivity index (χ0v) is 12.6. The first-order valence-electron chi connectivity index (χ1n) is 7.33. The van der Waals surface area contributed by atoms with Crippen LogP contribution < -0.4 is 0 Å². The van der Waals surface area contributed by atoms with Gasteiger partial charge in [-0.05, 0) is 18.9 Å². The third-order valence-electron chi connectivity index (χ3n) is 4.01. The topological polar surface area (TPSA) is 64.2 Å². The molecule has 3 rings (SSSR count). The molecule has 0 radical (unpaired) electrons. The highest BCUT2D eigenvalue weighted by molar-refractivity contribution is 5.93. The molecule has 3 heterocycles. The number of rotatable bonds is 3. The van der Waals surface area contributed by atoms with Crippen LogP contribution in [0.15, 0.2) is 22.9 Å². The van der Waals surface area contributed by atoms with Gasteiger partial charge in [-0.3, -0.25) is 9.48 Å². The minimum absolute atomic E-state index is 0.00338. The van der Waals surface area contributed by atoms with E-state index in [4.69, 9.17) is 4.52 Å². The Balaban J connectivity index is 1.85. The Bertz CT molecular complexity index is 644. The molecule has 2 aromatic rings. The summed E-state index contributed by atoms with van der Waals surface area (Å²) in [6, 6.07) is 3.73. The number of hydrogen-bond acceptors (Lipinski definition) is 4. The van der Waals surface area contributed by atoms with Crippen molar-refractivity contribution in [2.45, 2.75) is 38.6 Å². The summed E-state index contributed by atoms with van der Waals surface area (Å²) in [7, 11) is 1.78. The van der Waals surface area contributed by atoms with E-state index in [1.54, 1.807) is 24.0 Å². The molecule has 1 aliphatic heterocycles. The van der Waals surface area contributed by atoms with Gasteiger partial charge in [0, 0.05) is 31.8 Å². The maximum atomic E-state index is 12.7. The molecular formula is C15H20N4O2. The molecule has 6 nitrogen and oxygen atoms in total. The molecular weight excluding hydrogens is 268 g/mol. The van der Waals surface area contributed by atoms with Crippen molar-refractivity contribution in [3.8, 4) is 0 Å². The fourth-order valence-corrected chi connectivity index (χ4v) is 2.78. The van der Waals surface area contributed by atoms with E-state index < -0.39 is 0 Å². The number of nitrogens with zero attached hydrogens (tertiary/aromatic N) is 4. The van der Waals surface area contributed by atoms with E-state index in [2.05, 4.69) is 24.1 Å². The summed E-state index contributed by atoms with van der Waals surface area (Å²) in [5.41, 5.74) is 1.46. The highest BCUT2D eigenvalue weighted by atomic mass is 16.5. The van der Waals surface area contributed by atoms with Crippen LogP contribution in [0.1, 0.15) is 60.6 Å². The van der Waals surface area contributed by atoms with Crippen molar-refractivity contribution in [3.05, 3.63) is 35.5 Å². The van der Waals surface area contributed by atoms with Gasteiger partial charge in [0.2, 0.25) is 0 Å². The molecule has 0 aromatic carbocycles. The molecule has 0 spiro atoms. The molecule has 1 aliphatic rings. The van der Waals surface area contributed by atoms with Crippen LogP contribution >= 0.6 is 0 Å². The Morgan fingerprint density at radius 3 is 2.90 bits per heavy atom. The van der Waals surface area contributed by atoms with Gasteiger partial charge in [-0.1, -0.05) is 19.0 Å². The number of hydrogen-bond donors (Lipinski definition) is 0. The maximum absolute atomic E-state index is 12.7. The summed E-state index contributed by atoms with van der Waals surface area (Å²) in [6.07, 6.45) is 3.55. The Morgan fingerprint density at radius 2 is 2.29 bits per heavy atom. The normalized spacial score (nSPS) is 18.7. The summed E-state index contributed by atoms with van der Waals surface area (Å²) in [5.74, 6) is 1.17. The predicted molar refractivity (Wildman–Crippen MR) is 76.8 cm³/mol. The van der Waals surface area contributed by atoms with Gasteiger partial charge in [0.05, 0.1) is 6.04 Å². The van der Waals surface area contributed by atoms with Crippen LogP contribution in [0.2, 0.25) is 0 Å². The summed E-state index contributed by atoms with van der Waals surface area (Å²) >= 11 is 0. The lowest BCUT2D eigenvalue weighted by atomic mass is 10.1. The van der Waals surface area contributed by atoms with Crippen LogP contribution in [0.5, 0.6) is 0 Å². The van der Waals surface area contributed by atoms with Crippen LogP contribution in [0.4, 0.5) is 0 Å². The zero-order valence-electron chi connectivity index (χ0n) is 12.6. The van der Waals surface area contributed by atoms with Gasteiger partial charge in [0.25, 0.3) is 5.91 Å². The molecule has 1 unspecified atom stereocenters. The van der Waals surface area contributed by atoms with E-state index >= 15 is 0 Å². The third-order valence-corrected chi connectivity index (χ3v) is 4.01. The van der Waals surface area contributed by atoms with E-state index in [1.165, 1.54) is 0 Å². The van der Waals surface area contributed by atoms with Crippen molar-refractivity contribution in [3.63, 3.8) is 0 Å². The van der Waals surface area contributed by atoms with Crippen LogP contribution in [0.25, 0.3) is 0 Å². The van der Waals surface area contributed by atoms with Gasteiger partial charge in [0.1, 0.15) is 17.1 Å². The molecule has 0 saturated carbocycles. The minimum Gasteiger partial charge on any atom is -0.361 e.